The Kier molecular flexibility index (Phi) is 5.61. The molecule has 0 heterocycles. The van der Waals surface area contributed by atoms with Crippen molar-refractivity contribution >= 4 is 12.0 Å². The summed E-state index contributed by atoms with van der Waals surface area (Å²) in [6.45, 7) is 5.87. The molecule has 1 amide bonds. The van der Waals surface area contributed by atoms with E-state index >= 15 is 0 Å². The number of nitrogens with one attached hydrogen (secondary N) is 1. The van der Waals surface area contributed by atoms with Crippen molar-refractivity contribution in [1.29, 1.82) is 0 Å². The van der Waals surface area contributed by atoms with E-state index in [1.165, 1.54) is 18.2 Å². The second-order valence-electron chi connectivity index (χ2n) is 4.12. The van der Waals surface area contributed by atoms with E-state index < -0.39 is 18.0 Å². The fraction of sp³-hybridized carbons (Fsp3) is 0.357. The average molecular weight is 287 g/mol. The minimum atomic E-state index is -4.84. The van der Waals surface area contributed by atoms with Gasteiger partial charge in [-0.15, -0.1) is 13.2 Å². The summed E-state index contributed by atoms with van der Waals surface area (Å²) in [7, 11) is 0. The zero-order chi connectivity index (χ0) is 15.2. The number of amides is 1. The summed E-state index contributed by atoms with van der Waals surface area (Å²) in [5.74, 6) is -1.11. The average Bonchev–Trinajstić information content (AvgIpc) is 2.37. The van der Waals surface area contributed by atoms with E-state index in [1.54, 1.807) is 0 Å². The topological polar surface area (TPSA) is 38.3 Å². The molecular formula is C14H16F3NO2. The quantitative estimate of drug-likeness (QED) is 0.809. The lowest BCUT2D eigenvalue weighted by Crippen LogP contribution is -2.26. The molecule has 0 fully saturated rings. The van der Waals surface area contributed by atoms with E-state index in [0.29, 0.717) is 12.1 Å². The molecule has 1 N–H and O–H groups in total. The molecule has 0 spiro atoms. The Morgan fingerprint density at radius 2 is 2.15 bits per heavy atom. The van der Waals surface area contributed by atoms with Crippen LogP contribution in [0.3, 0.4) is 0 Å². The van der Waals surface area contributed by atoms with E-state index in [4.69, 9.17) is 0 Å². The number of carbonyl (C=O) groups is 1. The van der Waals surface area contributed by atoms with Crippen molar-refractivity contribution in [2.75, 3.05) is 6.54 Å². The van der Waals surface area contributed by atoms with Crippen LogP contribution >= 0.6 is 0 Å². The van der Waals surface area contributed by atoms with E-state index in [0.717, 1.165) is 18.9 Å². The van der Waals surface area contributed by atoms with E-state index in [-0.39, 0.29) is 5.56 Å². The van der Waals surface area contributed by atoms with Crippen LogP contribution in [0.25, 0.3) is 6.08 Å². The Hall–Kier alpha value is -1.98. The number of rotatable bonds is 6. The predicted octanol–water partition coefficient (Wildman–Crippen LogP) is 3.76. The molecule has 0 aliphatic heterocycles. The van der Waals surface area contributed by atoms with Gasteiger partial charge in [0.15, 0.2) is 0 Å². The summed E-state index contributed by atoms with van der Waals surface area (Å²) in [5, 5.41) is 2.56. The van der Waals surface area contributed by atoms with Gasteiger partial charge in [-0.2, -0.15) is 0 Å². The Morgan fingerprint density at radius 3 is 2.70 bits per heavy atom. The first-order chi connectivity index (χ1) is 9.37. The minimum Gasteiger partial charge on any atom is -0.405 e. The molecule has 0 bridgehead atoms. The summed E-state index contributed by atoms with van der Waals surface area (Å²) in [6.07, 6.45) is -1.77. The second kappa shape index (κ2) is 6.98. The highest BCUT2D eigenvalue weighted by Gasteiger charge is 2.32. The number of benzene rings is 1. The molecule has 0 saturated heterocycles. The maximum absolute atomic E-state index is 12.3. The molecular weight excluding hydrogens is 271 g/mol. The molecule has 0 radical (unpaired) electrons. The van der Waals surface area contributed by atoms with Crippen LogP contribution in [0.2, 0.25) is 0 Å². The summed E-state index contributed by atoms with van der Waals surface area (Å²) in [4.78, 5) is 11.9. The van der Waals surface area contributed by atoms with Gasteiger partial charge in [0.2, 0.25) is 0 Å². The molecule has 20 heavy (non-hydrogen) atoms. The molecule has 1 rings (SSSR count). The van der Waals surface area contributed by atoms with Crippen LogP contribution in [0.4, 0.5) is 13.2 Å². The van der Waals surface area contributed by atoms with Crippen LogP contribution in [-0.2, 0) is 0 Å². The molecule has 0 aliphatic rings. The van der Waals surface area contributed by atoms with Crippen molar-refractivity contribution in [1.82, 2.24) is 5.32 Å². The predicted molar refractivity (Wildman–Crippen MR) is 70.5 cm³/mol. The highest BCUT2D eigenvalue weighted by Crippen LogP contribution is 2.27. The number of alkyl halides is 3. The van der Waals surface area contributed by atoms with Crippen LogP contribution in [0.1, 0.15) is 35.7 Å². The fourth-order valence-corrected chi connectivity index (χ4v) is 1.54. The standard InChI is InChI=1S/C14H16F3NO2/c1-3-5-8-18-13(19)11-9-10(4-2)6-7-12(11)20-14(15,16)17/h4,6-7,9H,2-3,5,8H2,1H3,(H,18,19). The third kappa shape index (κ3) is 4.95. The number of hydrogen-bond acceptors (Lipinski definition) is 2. The molecule has 0 atom stereocenters. The van der Waals surface area contributed by atoms with E-state index in [2.05, 4.69) is 16.6 Å². The smallest absolute Gasteiger partial charge is 0.405 e. The third-order valence-corrected chi connectivity index (χ3v) is 2.53. The van der Waals surface area contributed by atoms with Crippen molar-refractivity contribution in [3.05, 3.63) is 35.9 Å². The van der Waals surface area contributed by atoms with Gasteiger partial charge < -0.3 is 10.1 Å². The molecule has 0 unspecified atom stereocenters. The van der Waals surface area contributed by atoms with E-state index in [1.807, 2.05) is 6.92 Å². The van der Waals surface area contributed by atoms with Crippen molar-refractivity contribution in [3.8, 4) is 5.75 Å². The molecule has 3 nitrogen and oxygen atoms in total. The second-order valence-corrected chi connectivity index (χ2v) is 4.12. The van der Waals surface area contributed by atoms with Gasteiger partial charge in [-0.25, -0.2) is 0 Å². The lowest BCUT2D eigenvalue weighted by molar-refractivity contribution is -0.274. The lowest BCUT2D eigenvalue weighted by Gasteiger charge is -2.14. The van der Waals surface area contributed by atoms with E-state index in [9.17, 15) is 18.0 Å². The van der Waals surface area contributed by atoms with Crippen LogP contribution in [-0.4, -0.2) is 18.8 Å². The largest absolute Gasteiger partial charge is 0.573 e. The zero-order valence-electron chi connectivity index (χ0n) is 11.1. The molecule has 1 aromatic rings. The van der Waals surface area contributed by atoms with Gasteiger partial charge in [0.1, 0.15) is 5.75 Å². The number of halogens is 3. The maximum atomic E-state index is 12.3. The molecule has 0 aliphatic carbocycles. The highest BCUT2D eigenvalue weighted by atomic mass is 19.4. The molecule has 1 aromatic carbocycles. The van der Waals surface area contributed by atoms with Crippen LogP contribution in [0, 0.1) is 0 Å². The van der Waals surface area contributed by atoms with Gasteiger partial charge in [-0.3, -0.25) is 4.79 Å². The summed E-state index contributed by atoms with van der Waals surface area (Å²) >= 11 is 0. The monoisotopic (exact) mass is 287 g/mol. The van der Waals surface area contributed by atoms with Gasteiger partial charge in [-0.05, 0) is 24.1 Å². The summed E-state index contributed by atoms with van der Waals surface area (Å²) in [6, 6.07) is 3.82. The van der Waals surface area contributed by atoms with Crippen LogP contribution in [0.15, 0.2) is 24.8 Å². The number of carbonyl (C=O) groups excluding carboxylic acids is 1. The minimum absolute atomic E-state index is 0.157. The number of hydrogen-bond donors (Lipinski definition) is 1. The van der Waals surface area contributed by atoms with Crippen molar-refractivity contribution in [2.24, 2.45) is 0 Å². The zero-order valence-corrected chi connectivity index (χ0v) is 11.1. The highest BCUT2D eigenvalue weighted by molar-refractivity contribution is 5.97. The first-order valence-corrected chi connectivity index (χ1v) is 6.17. The first-order valence-electron chi connectivity index (χ1n) is 6.17. The SMILES string of the molecule is C=Cc1ccc(OC(F)(F)F)c(C(=O)NCCCC)c1. The Labute approximate surface area is 115 Å². The van der Waals surface area contributed by atoms with Crippen LogP contribution < -0.4 is 10.1 Å². The molecule has 0 aromatic heterocycles. The van der Waals surface area contributed by atoms with Crippen LogP contribution in [0.5, 0.6) is 5.75 Å². The van der Waals surface area contributed by atoms with Crippen molar-refractivity contribution in [2.45, 2.75) is 26.1 Å². The number of unbranched alkanes of at least 4 members (excludes halogenated alkanes) is 1. The van der Waals surface area contributed by atoms with Gasteiger partial charge in [0.25, 0.3) is 5.91 Å². The Bertz CT molecular complexity index is 484. The Balaban J connectivity index is 2.99. The van der Waals surface area contributed by atoms with Gasteiger partial charge in [0, 0.05) is 6.54 Å². The third-order valence-electron chi connectivity index (χ3n) is 2.53. The van der Waals surface area contributed by atoms with Gasteiger partial charge in [-0.1, -0.05) is 32.1 Å². The molecule has 0 saturated carbocycles. The first kappa shape index (κ1) is 16.1. The normalized spacial score (nSPS) is 11.0. The maximum Gasteiger partial charge on any atom is 0.573 e. The van der Waals surface area contributed by atoms with Crippen molar-refractivity contribution < 1.29 is 22.7 Å². The Morgan fingerprint density at radius 1 is 1.45 bits per heavy atom. The summed E-state index contributed by atoms with van der Waals surface area (Å²) < 4.78 is 40.8. The fourth-order valence-electron chi connectivity index (χ4n) is 1.54. The number of ether oxygens (including phenoxy) is 1. The molecule has 110 valence electrons. The summed E-state index contributed by atoms with van der Waals surface area (Å²) in [5.41, 5.74) is 0.385. The van der Waals surface area contributed by atoms with Crippen molar-refractivity contribution in [3.63, 3.8) is 0 Å². The van der Waals surface area contributed by atoms with Gasteiger partial charge in [0.05, 0.1) is 5.56 Å². The molecule has 6 heteroatoms. The lowest BCUT2D eigenvalue weighted by atomic mass is 10.1. The van der Waals surface area contributed by atoms with Gasteiger partial charge >= 0.3 is 6.36 Å².